The lowest BCUT2D eigenvalue weighted by Crippen LogP contribution is -2.38. The lowest BCUT2D eigenvalue weighted by atomic mass is 10.0. The number of aliphatic imine (C=N–C) groups is 1. The summed E-state index contributed by atoms with van der Waals surface area (Å²) < 4.78 is 14.4. The van der Waals surface area contributed by atoms with Crippen molar-refractivity contribution in [3.05, 3.63) is 76.0 Å². The van der Waals surface area contributed by atoms with Crippen LogP contribution in [0.3, 0.4) is 0 Å². The minimum Gasteiger partial charge on any atom is -0.275 e. The van der Waals surface area contributed by atoms with Crippen molar-refractivity contribution in [2.24, 2.45) is 4.99 Å². The van der Waals surface area contributed by atoms with Gasteiger partial charge >= 0.3 is 0 Å². The van der Waals surface area contributed by atoms with Gasteiger partial charge in [0.05, 0.1) is 11.7 Å². The predicted molar refractivity (Wildman–Crippen MR) is 89.9 cm³/mol. The van der Waals surface area contributed by atoms with E-state index >= 15 is 0 Å². The lowest BCUT2D eigenvalue weighted by molar-refractivity contribution is 0.397. The van der Waals surface area contributed by atoms with Gasteiger partial charge in [-0.3, -0.25) is 5.43 Å². The second-order valence-electron chi connectivity index (χ2n) is 5.22. The Morgan fingerprint density at radius 3 is 2.74 bits per heavy atom. The first-order valence-corrected chi connectivity index (χ1v) is 7.88. The van der Waals surface area contributed by atoms with Crippen molar-refractivity contribution in [1.29, 1.82) is 0 Å². The fraction of sp³-hybridized carbons (Fsp3) is 0.0625. The Bertz CT molecular complexity index is 785. The van der Waals surface area contributed by atoms with E-state index in [-0.39, 0.29) is 11.9 Å². The summed E-state index contributed by atoms with van der Waals surface area (Å²) in [5, 5.41) is 1.82. The van der Waals surface area contributed by atoms with Crippen LogP contribution in [0, 0.1) is 5.82 Å². The fourth-order valence-electron chi connectivity index (χ4n) is 2.66. The fourth-order valence-corrected chi connectivity index (χ4v) is 3.14. The number of rotatable bonds is 2. The summed E-state index contributed by atoms with van der Waals surface area (Å²) in [6, 6.07) is 14.5. The predicted octanol–water partition coefficient (Wildman–Crippen LogP) is 2.87. The van der Waals surface area contributed by atoms with Crippen LogP contribution in [0.2, 0.25) is 0 Å². The Labute approximate surface area is 140 Å². The summed E-state index contributed by atoms with van der Waals surface area (Å²) >= 11 is 3.34. The molecule has 3 N–H and O–H groups in total. The highest BCUT2D eigenvalue weighted by molar-refractivity contribution is 9.10. The van der Waals surface area contributed by atoms with Crippen LogP contribution in [0.5, 0.6) is 0 Å². The molecule has 116 valence electrons. The average molecular weight is 374 g/mol. The summed E-state index contributed by atoms with van der Waals surface area (Å²) in [5.41, 5.74) is 11.5. The smallest absolute Gasteiger partial charge is 0.231 e. The first-order chi connectivity index (χ1) is 11.2. The molecule has 0 aromatic heterocycles. The van der Waals surface area contributed by atoms with Gasteiger partial charge in [0.15, 0.2) is 0 Å². The van der Waals surface area contributed by atoms with Crippen LogP contribution in [-0.4, -0.2) is 11.0 Å². The van der Waals surface area contributed by atoms with Gasteiger partial charge in [0.2, 0.25) is 5.96 Å². The summed E-state index contributed by atoms with van der Waals surface area (Å²) in [5.74, 6) is 0.346. The van der Waals surface area contributed by atoms with Crippen molar-refractivity contribution in [1.82, 2.24) is 21.5 Å². The summed E-state index contributed by atoms with van der Waals surface area (Å²) in [6.45, 7) is 0. The summed E-state index contributed by atoms with van der Waals surface area (Å²) in [4.78, 5) is 4.61. The quantitative estimate of drug-likeness (QED) is 0.757. The lowest BCUT2D eigenvalue weighted by Gasteiger charge is -2.26. The Balaban J connectivity index is 1.80. The van der Waals surface area contributed by atoms with Crippen LogP contribution in [0.15, 0.2) is 64.1 Å². The molecule has 0 spiro atoms. The Kier molecular flexibility index (Phi) is 3.60. The van der Waals surface area contributed by atoms with Gasteiger partial charge in [-0.2, -0.15) is 5.53 Å². The van der Waals surface area contributed by atoms with Crippen molar-refractivity contribution < 1.29 is 4.39 Å². The molecule has 7 heteroatoms. The first kappa shape index (κ1) is 14.4. The van der Waals surface area contributed by atoms with E-state index in [0.29, 0.717) is 10.4 Å². The Morgan fingerprint density at radius 1 is 1.13 bits per heavy atom. The third kappa shape index (κ3) is 2.74. The standard InChI is InChI=1S/C16H13BrFN5/c17-12-6-11(7-13(18)8-12)14-9-15(10-4-2-1-3-5-10)23-16(19-14)20-21-22-23/h1-9,14,21-22H,(H,19,20). The van der Waals surface area contributed by atoms with Crippen LogP contribution in [-0.2, 0) is 0 Å². The van der Waals surface area contributed by atoms with Crippen molar-refractivity contribution in [2.75, 3.05) is 0 Å². The molecular formula is C16H13BrFN5. The number of nitrogens with zero attached hydrogens (tertiary/aromatic N) is 2. The number of nitrogens with one attached hydrogen (secondary N) is 3. The van der Waals surface area contributed by atoms with E-state index in [4.69, 9.17) is 0 Å². The van der Waals surface area contributed by atoms with Crippen molar-refractivity contribution >= 4 is 27.6 Å². The van der Waals surface area contributed by atoms with Crippen molar-refractivity contribution in [3.8, 4) is 0 Å². The molecule has 1 atom stereocenters. The second-order valence-corrected chi connectivity index (χ2v) is 6.13. The number of halogens is 2. The van der Waals surface area contributed by atoms with E-state index in [9.17, 15) is 4.39 Å². The molecule has 0 saturated carbocycles. The molecule has 2 aromatic rings. The van der Waals surface area contributed by atoms with Gasteiger partial charge in [-0.1, -0.05) is 46.3 Å². The highest BCUT2D eigenvalue weighted by Crippen LogP contribution is 2.32. The third-order valence-electron chi connectivity index (χ3n) is 3.67. The number of hydrogen-bond donors (Lipinski definition) is 3. The maximum absolute atomic E-state index is 13.7. The molecule has 0 radical (unpaired) electrons. The van der Waals surface area contributed by atoms with Crippen LogP contribution in [0.4, 0.5) is 4.39 Å². The molecular weight excluding hydrogens is 361 g/mol. The molecule has 5 nitrogen and oxygen atoms in total. The van der Waals surface area contributed by atoms with E-state index in [1.807, 2.05) is 47.5 Å². The number of fused-ring (bicyclic) bond motifs is 1. The third-order valence-corrected chi connectivity index (χ3v) is 4.13. The average Bonchev–Trinajstić information content (AvgIpc) is 3.02. The highest BCUT2D eigenvalue weighted by atomic mass is 79.9. The molecule has 2 aliphatic rings. The van der Waals surface area contributed by atoms with E-state index in [2.05, 4.69) is 37.4 Å². The largest absolute Gasteiger partial charge is 0.275 e. The van der Waals surface area contributed by atoms with E-state index < -0.39 is 0 Å². The van der Waals surface area contributed by atoms with Gasteiger partial charge in [0.1, 0.15) is 5.82 Å². The molecule has 2 heterocycles. The van der Waals surface area contributed by atoms with Crippen LogP contribution < -0.4 is 16.5 Å². The molecule has 0 bridgehead atoms. The number of hydrazine groups is 3. The zero-order valence-electron chi connectivity index (χ0n) is 11.9. The first-order valence-electron chi connectivity index (χ1n) is 7.08. The van der Waals surface area contributed by atoms with Gasteiger partial charge < -0.3 is 0 Å². The zero-order valence-corrected chi connectivity index (χ0v) is 13.5. The molecule has 4 rings (SSSR count). The summed E-state index contributed by atoms with van der Waals surface area (Å²) in [7, 11) is 0. The van der Waals surface area contributed by atoms with E-state index in [1.54, 1.807) is 0 Å². The molecule has 0 amide bonds. The minimum atomic E-state index is -0.290. The van der Waals surface area contributed by atoms with E-state index in [1.165, 1.54) is 12.1 Å². The topological polar surface area (TPSA) is 51.7 Å². The van der Waals surface area contributed by atoms with Gasteiger partial charge in [-0.05, 0) is 35.4 Å². The normalized spacial score (nSPS) is 19.7. The zero-order chi connectivity index (χ0) is 15.8. The van der Waals surface area contributed by atoms with Gasteiger partial charge in [0.25, 0.3) is 0 Å². The molecule has 23 heavy (non-hydrogen) atoms. The molecule has 1 unspecified atom stereocenters. The molecule has 0 aliphatic carbocycles. The van der Waals surface area contributed by atoms with Gasteiger partial charge in [-0.15, -0.1) is 5.53 Å². The molecule has 1 saturated heterocycles. The molecule has 1 fully saturated rings. The molecule has 2 aromatic carbocycles. The summed E-state index contributed by atoms with van der Waals surface area (Å²) in [6.07, 6.45) is 2.00. The van der Waals surface area contributed by atoms with Crippen LogP contribution in [0.25, 0.3) is 5.70 Å². The Hall–Kier alpha value is -2.22. The SMILES string of the molecule is Fc1cc(Br)cc(C2C=C(c3ccccc3)N3NNNC3=N2)c1. The second kappa shape index (κ2) is 5.77. The maximum atomic E-state index is 13.7. The van der Waals surface area contributed by atoms with Crippen molar-refractivity contribution in [2.45, 2.75) is 6.04 Å². The monoisotopic (exact) mass is 373 g/mol. The van der Waals surface area contributed by atoms with Crippen LogP contribution >= 0.6 is 15.9 Å². The van der Waals surface area contributed by atoms with Gasteiger partial charge in [-0.25, -0.2) is 14.4 Å². The van der Waals surface area contributed by atoms with Crippen LogP contribution in [0.1, 0.15) is 17.2 Å². The van der Waals surface area contributed by atoms with Gasteiger partial charge in [0, 0.05) is 4.47 Å². The van der Waals surface area contributed by atoms with Crippen molar-refractivity contribution in [3.63, 3.8) is 0 Å². The highest BCUT2D eigenvalue weighted by Gasteiger charge is 2.29. The van der Waals surface area contributed by atoms with E-state index in [0.717, 1.165) is 16.8 Å². The number of guanidine groups is 1. The minimum absolute atomic E-state index is 0.280. The Morgan fingerprint density at radius 2 is 1.96 bits per heavy atom. The maximum Gasteiger partial charge on any atom is 0.231 e. The number of hydrogen-bond acceptors (Lipinski definition) is 5. The number of benzene rings is 2. The molecule has 2 aliphatic heterocycles.